The maximum atomic E-state index is 4.54. The van der Waals surface area contributed by atoms with Gasteiger partial charge in [0.15, 0.2) is 0 Å². The Bertz CT molecular complexity index is 1030. The molecule has 0 saturated carbocycles. The smallest absolute Gasteiger partial charge is 0.138 e. The molecule has 4 rings (SSSR count). The van der Waals surface area contributed by atoms with Crippen molar-refractivity contribution in [1.82, 2.24) is 25.1 Å². The van der Waals surface area contributed by atoms with E-state index in [0.717, 1.165) is 58.5 Å². The molecular formula is C20H23N5. The van der Waals surface area contributed by atoms with Crippen molar-refractivity contribution in [3.05, 3.63) is 52.9 Å². The Kier molecular flexibility index (Phi) is 4.01. The van der Waals surface area contributed by atoms with Crippen LogP contribution in [0.2, 0.25) is 0 Å². The van der Waals surface area contributed by atoms with Crippen molar-refractivity contribution in [2.45, 2.75) is 18.8 Å². The van der Waals surface area contributed by atoms with E-state index in [1.54, 1.807) is 4.68 Å². The van der Waals surface area contributed by atoms with E-state index in [4.69, 9.17) is 0 Å². The Morgan fingerprint density at radius 3 is 2.84 bits per heavy atom. The molecule has 0 atom stereocenters. The highest BCUT2D eigenvalue weighted by atomic mass is 15.2. The monoisotopic (exact) mass is 333 g/mol. The number of aromatic amines is 1. The van der Waals surface area contributed by atoms with Gasteiger partial charge >= 0.3 is 0 Å². The Morgan fingerprint density at radius 2 is 2.12 bits per heavy atom. The average molecular weight is 333 g/mol. The van der Waals surface area contributed by atoms with Crippen LogP contribution in [0.1, 0.15) is 30.0 Å². The van der Waals surface area contributed by atoms with Gasteiger partial charge in [-0.3, -0.25) is 4.68 Å². The number of hydrogen-bond donors (Lipinski definition) is 2. The van der Waals surface area contributed by atoms with E-state index < -0.39 is 0 Å². The Labute approximate surface area is 146 Å². The first-order valence-electron chi connectivity index (χ1n) is 8.69. The lowest BCUT2D eigenvalue weighted by molar-refractivity contribution is 0.455. The van der Waals surface area contributed by atoms with Crippen LogP contribution in [0.5, 0.6) is 0 Å². The molecule has 2 N–H and O–H groups in total. The minimum Gasteiger partial charge on any atom is -0.343 e. The fourth-order valence-corrected chi connectivity index (χ4v) is 3.52. The second kappa shape index (κ2) is 6.33. The van der Waals surface area contributed by atoms with Crippen molar-refractivity contribution >= 4 is 29.3 Å². The molecule has 128 valence electrons. The lowest BCUT2D eigenvalue weighted by atomic mass is 9.94. The summed E-state index contributed by atoms with van der Waals surface area (Å²) in [5, 5.41) is 10.8. The van der Waals surface area contributed by atoms with Crippen molar-refractivity contribution < 1.29 is 0 Å². The van der Waals surface area contributed by atoms with Crippen LogP contribution in [0, 0.1) is 0 Å². The third kappa shape index (κ3) is 3.03. The van der Waals surface area contributed by atoms with Crippen molar-refractivity contribution in [3.8, 4) is 0 Å². The molecule has 1 saturated heterocycles. The van der Waals surface area contributed by atoms with Crippen molar-refractivity contribution in [3.63, 3.8) is 0 Å². The largest absolute Gasteiger partial charge is 0.343 e. The predicted octanol–water partition coefficient (Wildman–Crippen LogP) is 1.67. The second-order valence-corrected chi connectivity index (χ2v) is 6.78. The maximum Gasteiger partial charge on any atom is 0.138 e. The highest BCUT2D eigenvalue weighted by molar-refractivity contribution is 5.90. The molecule has 0 bridgehead atoms. The zero-order valence-electron chi connectivity index (χ0n) is 14.5. The second-order valence-electron chi connectivity index (χ2n) is 6.78. The van der Waals surface area contributed by atoms with Gasteiger partial charge in [-0.1, -0.05) is 13.2 Å². The quantitative estimate of drug-likeness (QED) is 0.766. The number of H-pyrrole nitrogens is 1. The molecule has 0 aliphatic carbocycles. The molecular weight excluding hydrogens is 310 g/mol. The van der Waals surface area contributed by atoms with Crippen LogP contribution in [0.25, 0.3) is 29.3 Å². The topological polar surface area (TPSA) is 58.5 Å². The summed E-state index contributed by atoms with van der Waals surface area (Å²) in [5.74, 6) is 0.568. The van der Waals surface area contributed by atoms with Crippen LogP contribution in [-0.2, 0) is 7.05 Å². The van der Waals surface area contributed by atoms with Gasteiger partial charge in [0, 0.05) is 42.0 Å². The molecule has 0 unspecified atom stereocenters. The van der Waals surface area contributed by atoms with Gasteiger partial charge in [0.25, 0.3) is 0 Å². The summed E-state index contributed by atoms with van der Waals surface area (Å²) in [6, 6.07) is 2.25. The molecule has 5 heteroatoms. The van der Waals surface area contributed by atoms with E-state index in [1.807, 2.05) is 25.6 Å². The number of piperidine rings is 1. The van der Waals surface area contributed by atoms with Crippen LogP contribution < -0.4 is 15.8 Å². The zero-order valence-corrected chi connectivity index (χ0v) is 14.5. The Morgan fingerprint density at radius 1 is 1.32 bits per heavy atom. The van der Waals surface area contributed by atoms with Crippen LogP contribution in [-0.4, -0.2) is 32.8 Å². The molecule has 1 aliphatic rings. The van der Waals surface area contributed by atoms with Crippen LogP contribution in [0.3, 0.4) is 0 Å². The van der Waals surface area contributed by atoms with Crippen LogP contribution in [0.15, 0.2) is 31.2 Å². The summed E-state index contributed by atoms with van der Waals surface area (Å²) < 4.78 is 1.78. The van der Waals surface area contributed by atoms with E-state index in [2.05, 4.69) is 45.7 Å². The van der Waals surface area contributed by atoms with Gasteiger partial charge in [-0.25, -0.2) is 4.98 Å². The van der Waals surface area contributed by atoms with Gasteiger partial charge in [0.05, 0.1) is 6.20 Å². The molecule has 0 aromatic carbocycles. The highest BCUT2D eigenvalue weighted by Crippen LogP contribution is 2.26. The van der Waals surface area contributed by atoms with Crippen molar-refractivity contribution in [1.29, 1.82) is 0 Å². The third-order valence-electron chi connectivity index (χ3n) is 4.98. The summed E-state index contributed by atoms with van der Waals surface area (Å²) in [6.45, 7) is 10.5. The lowest BCUT2D eigenvalue weighted by Crippen LogP contribution is -2.26. The molecule has 3 aromatic rings. The number of rotatable bonds is 3. The molecule has 0 amide bonds. The maximum absolute atomic E-state index is 4.54. The van der Waals surface area contributed by atoms with Gasteiger partial charge in [0.1, 0.15) is 5.65 Å². The molecule has 4 heterocycles. The minimum absolute atomic E-state index is 0.568. The molecule has 25 heavy (non-hydrogen) atoms. The number of allylic oxidation sites excluding steroid dienone is 1. The van der Waals surface area contributed by atoms with Crippen molar-refractivity contribution in [2.24, 2.45) is 7.05 Å². The van der Waals surface area contributed by atoms with Crippen LogP contribution in [0.4, 0.5) is 0 Å². The number of nitrogens with one attached hydrogen (secondary N) is 2. The first-order valence-corrected chi connectivity index (χ1v) is 8.69. The summed E-state index contributed by atoms with van der Waals surface area (Å²) in [6.07, 6.45) is 10.0. The Hall–Kier alpha value is -2.66. The molecule has 0 spiro atoms. The van der Waals surface area contributed by atoms with Gasteiger partial charge < -0.3 is 10.3 Å². The van der Waals surface area contributed by atoms with Crippen molar-refractivity contribution in [2.75, 3.05) is 13.1 Å². The number of hydrogen-bond acceptors (Lipinski definition) is 3. The molecule has 1 fully saturated rings. The minimum atomic E-state index is 0.568. The zero-order chi connectivity index (χ0) is 17.4. The van der Waals surface area contributed by atoms with E-state index in [9.17, 15) is 0 Å². The SMILES string of the molecule is C=C(/C=c1\c(=C)cnc2[nH]c(C3CCNCC3)cc12)c1cnn(C)c1. The number of nitrogens with zero attached hydrogens (tertiary/aromatic N) is 3. The van der Waals surface area contributed by atoms with E-state index in [-0.39, 0.29) is 0 Å². The summed E-state index contributed by atoms with van der Waals surface area (Å²) in [7, 11) is 1.91. The first-order chi connectivity index (χ1) is 12.1. The van der Waals surface area contributed by atoms with E-state index in [1.165, 1.54) is 5.69 Å². The van der Waals surface area contributed by atoms with Gasteiger partial charge in [0.2, 0.25) is 0 Å². The highest BCUT2D eigenvalue weighted by Gasteiger charge is 2.17. The van der Waals surface area contributed by atoms with Gasteiger partial charge in [-0.2, -0.15) is 5.10 Å². The predicted molar refractivity (Wildman–Crippen MR) is 102 cm³/mol. The number of aryl methyl sites for hydroxylation is 1. The van der Waals surface area contributed by atoms with E-state index >= 15 is 0 Å². The van der Waals surface area contributed by atoms with Crippen LogP contribution >= 0.6 is 0 Å². The summed E-state index contributed by atoms with van der Waals surface area (Å²) in [4.78, 5) is 8.06. The first kappa shape index (κ1) is 15.8. The number of fused-ring (bicyclic) bond motifs is 1. The average Bonchev–Trinajstić information content (AvgIpc) is 3.24. The van der Waals surface area contributed by atoms with E-state index in [0.29, 0.717) is 5.92 Å². The molecule has 1 aliphatic heterocycles. The molecule has 5 nitrogen and oxygen atoms in total. The van der Waals surface area contributed by atoms with Gasteiger partial charge in [-0.05, 0) is 54.1 Å². The molecule has 0 radical (unpaired) electrons. The standard InChI is InChI=1S/C20H23N5/c1-13(16-11-23-25(3)12-16)8-17-14(2)10-22-20-18(17)9-19(24-20)15-4-6-21-7-5-15/h8-12,15,21,24H,1-2,4-7H2,3H3/b17-8+. The number of pyridine rings is 1. The van der Waals surface area contributed by atoms with Gasteiger partial charge in [-0.15, -0.1) is 0 Å². The normalized spacial score (nSPS) is 16.6. The Balaban J connectivity index is 1.81. The fraction of sp³-hybridized carbons (Fsp3) is 0.300. The third-order valence-corrected chi connectivity index (χ3v) is 4.98. The number of aromatic nitrogens is 4. The fourth-order valence-electron chi connectivity index (χ4n) is 3.52. The summed E-state index contributed by atoms with van der Waals surface area (Å²) >= 11 is 0. The lowest BCUT2D eigenvalue weighted by Gasteiger charge is -2.21. The molecule has 3 aromatic heterocycles. The summed E-state index contributed by atoms with van der Waals surface area (Å²) in [5.41, 5.74) is 4.14.